The van der Waals surface area contributed by atoms with E-state index >= 15 is 0 Å². The third kappa shape index (κ3) is 2.49. The zero-order valence-electron chi connectivity index (χ0n) is 12.3. The van der Waals surface area contributed by atoms with Crippen LogP contribution in [0.15, 0.2) is 0 Å². The van der Waals surface area contributed by atoms with Crippen molar-refractivity contribution in [2.24, 2.45) is 23.2 Å². The minimum Gasteiger partial charge on any atom is -0.390 e. The number of hydrogen-bond acceptors (Lipinski definition) is 2. The van der Waals surface area contributed by atoms with Gasteiger partial charge in [0, 0.05) is 12.3 Å². The fourth-order valence-electron chi connectivity index (χ4n) is 4.83. The Morgan fingerprint density at radius 3 is 2.72 bits per heavy atom. The quantitative estimate of drug-likeness (QED) is 0.833. The van der Waals surface area contributed by atoms with Crippen molar-refractivity contribution in [3.8, 4) is 0 Å². The second kappa shape index (κ2) is 4.63. The molecule has 104 valence electrons. The summed E-state index contributed by atoms with van der Waals surface area (Å²) in [5.74, 6) is 1.92. The predicted molar refractivity (Wildman–Crippen MR) is 73.3 cm³/mol. The van der Waals surface area contributed by atoms with E-state index in [9.17, 15) is 9.90 Å². The Labute approximate surface area is 111 Å². The molecule has 0 aromatic heterocycles. The number of ketones is 1. The van der Waals surface area contributed by atoms with Crippen molar-refractivity contribution in [3.05, 3.63) is 0 Å². The van der Waals surface area contributed by atoms with E-state index in [-0.39, 0.29) is 5.41 Å². The van der Waals surface area contributed by atoms with E-state index in [0.29, 0.717) is 23.5 Å². The average molecular weight is 252 g/mol. The number of fused-ring (bicyclic) bond motifs is 1. The van der Waals surface area contributed by atoms with E-state index in [1.165, 1.54) is 12.8 Å². The van der Waals surface area contributed by atoms with Crippen molar-refractivity contribution in [2.45, 2.75) is 71.8 Å². The van der Waals surface area contributed by atoms with Crippen molar-refractivity contribution in [3.63, 3.8) is 0 Å². The van der Waals surface area contributed by atoms with Gasteiger partial charge in [-0.1, -0.05) is 13.8 Å². The maximum atomic E-state index is 12.1. The highest BCUT2D eigenvalue weighted by atomic mass is 16.3. The second-order valence-electron chi connectivity index (χ2n) is 7.56. The largest absolute Gasteiger partial charge is 0.390 e. The van der Waals surface area contributed by atoms with Gasteiger partial charge in [-0.2, -0.15) is 0 Å². The van der Waals surface area contributed by atoms with Crippen molar-refractivity contribution < 1.29 is 9.90 Å². The third-order valence-electron chi connectivity index (χ3n) is 5.45. The van der Waals surface area contributed by atoms with Crippen LogP contribution >= 0.6 is 0 Å². The van der Waals surface area contributed by atoms with Gasteiger partial charge in [0.15, 0.2) is 0 Å². The summed E-state index contributed by atoms with van der Waals surface area (Å²) in [5, 5.41) is 10.0. The molecule has 0 amide bonds. The Kier molecular flexibility index (Phi) is 3.61. The zero-order chi connectivity index (χ0) is 13.6. The number of aliphatic hydroxyl groups is 1. The molecule has 2 nitrogen and oxygen atoms in total. The SMILES string of the molecule is CC(CC(C)(C)O)C1CCC2C(=O)CCC[C@@]21C. The van der Waals surface area contributed by atoms with Gasteiger partial charge in [-0.25, -0.2) is 0 Å². The summed E-state index contributed by atoms with van der Waals surface area (Å²) in [6.45, 7) is 8.37. The van der Waals surface area contributed by atoms with Crippen molar-refractivity contribution in [1.82, 2.24) is 0 Å². The summed E-state index contributed by atoms with van der Waals surface area (Å²) in [7, 11) is 0. The number of rotatable bonds is 3. The first kappa shape index (κ1) is 14.0. The molecule has 18 heavy (non-hydrogen) atoms. The molecule has 0 heterocycles. The smallest absolute Gasteiger partial charge is 0.136 e. The molecule has 1 N–H and O–H groups in total. The van der Waals surface area contributed by atoms with Crippen molar-refractivity contribution >= 4 is 5.78 Å². The van der Waals surface area contributed by atoms with Crippen LogP contribution in [0.25, 0.3) is 0 Å². The lowest BCUT2D eigenvalue weighted by Gasteiger charge is -2.43. The number of carbonyl (C=O) groups excluding carboxylic acids is 1. The first-order valence-corrected chi connectivity index (χ1v) is 7.49. The summed E-state index contributed by atoms with van der Waals surface area (Å²) >= 11 is 0. The normalized spacial score (nSPS) is 38.6. The molecule has 3 unspecified atom stereocenters. The lowest BCUT2D eigenvalue weighted by Crippen LogP contribution is -2.40. The molecular formula is C16H28O2. The van der Waals surface area contributed by atoms with Crippen LogP contribution in [0.4, 0.5) is 0 Å². The van der Waals surface area contributed by atoms with Crippen molar-refractivity contribution in [1.29, 1.82) is 0 Å². The van der Waals surface area contributed by atoms with Gasteiger partial charge < -0.3 is 5.11 Å². The van der Waals surface area contributed by atoms with Crippen LogP contribution in [0.1, 0.15) is 66.2 Å². The maximum absolute atomic E-state index is 12.1. The summed E-state index contributed by atoms with van der Waals surface area (Å²) in [4.78, 5) is 12.1. The van der Waals surface area contributed by atoms with Crippen molar-refractivity contribution in [2.75, 3.05) is 0 Å². The Morgan fingerprint density at radius 1 is 1.44 bits per heavy atom. The summed E-state index contributed by atoms with van der Waals surface area (Å²) in [5.41, 5.74) is -0.382. The molecule has 2 aliphatic carbocycles. The molecule has 0 aromatic carbocycles. The fourth-order valence-corrected chi connectivity index (χ4v) is 4.83. The van der Waals surface area contributed by atoms with Crippen LogP contribution in [0.2, 0.25) is 0 Å². The highest BCUT2D eigenvalue weighted by molar-refractivity contribution is 5.83. The summed E-state index contributed by atoms with van der Waals surface area (Å²) in [6.07, 6.45) is 6.16. The van der Waals surface area contributed by atoms with Gasteiger partial charge in [0.05, 0.1) is 5.60 Å². The van der Waals surface area contributed by atoms with Gasteiger partial charge >= 0.3 is 0 Å². The molecule has 0 saturated heterocycles. The van der Waals surface area contributed by atoms with Crippen LogP contribution in [0.5, 0.6) is 0 Å². The van der Waals surface area contributed by atoms with Gasteiger partial charge in [0.25, 0.3) is 0 Å². The lowest BCUT2D eigenvalue weighted by molar-refractivity contribution is -0.130. The summed E-state index contributed by atoms with van der Waals surface area (Å²) in [6, 6.07) is 0. The predicted octanol–water partition coefficient (Wildman–Crippen LogP) is 3.57. The van der Waals surface area contributed by atoms with E-state index < -0.39 is 5.60 Å². The molecule has 2 rings (SSSR count). The van der Waals surface area contributed by atoms with Crippen LogP contribution in [-0.2, 0) is 4.79 Å². The molecule has 2 saturated carbocycles. The maximum Gasteiger partial charge on any atom is 0.136 e. The topological polar surface area (TPSA) is 37.3 Å². The Bertz CT molecular complexity index is 328. The fraction of sp³-hybridized carbons (Fsp3) is 0.938. The Balaban J connectivity index is 2.13. The molecule has 0 aromatic rings. The highest BCUT2D eigenvalue weighted by Crippen LogP contribution is 2.57. The van der Waals surface area contributed by atoms with E-state index in [1.807, 2.05) is 13.8 Å². The molecular weight excluding hydrogens is 224 g/mol. The van der Waals surface area contributed by atoms with Crippen LogP contribution in [0.3, 0.4) is 0 Å². The van der Waals surface area contributed by atoms with E-state index in [2.05, 4.69) is 13.8 Å². The molecule has 0 bridgehead atoms. The molecule has 0 spiro atoms. The monoisotopic (exact) mass is 252 g/mol. The highest BCUT2D eigenvalue weighted by Gasteiger charge is 2.52. The third-order valence-corrected chi connectivity index (χ3v) is 5.45. The van der Waals surface area contributed by atoms with Gasteiger partial charge in [-0.3, -0.25) is 4.79 Å². The average Bonchev–Trinajstić information content (AvgIpc) is 2.54. The van der Waals surface area contributed by atoms with E-state index in [0.717, 1.165) is 25.7 Å². The number of Topliss-reactive ketones (excluding diaryl/α,β-unsaturated/α-hetero) is 1. The molecule has 0 aliphatic heterocycles. The van der Waals surface area contributed by atoms with Gasteiger partial charge in [-0.15, -0.1) is 0 Å². The minimum atomic E-state index is -0.591. The molecule has 4 atom stereocenters. The van der Waals surface area contributed by atoms with E-state index in [4.69, 9.17) is 0 Å². The minimum absolute atomic E-state index is 0.208. The number of carbonyl (C=O) groups is 1. The van der Waals surface area contributed by atoms with Gasteiger partial charge in [0.1, 0.15) is 5.78 Å². The molecule has 2 heteroatoms. The standard InChI is InChI=1S/C16H28O2/c1-11(10-15(2,3)18)12-7-8-13-14(17)6-5-9-16(12,13)4/h11-13,18H,5-10H2,1-4H3/t11?,12?,13?,16-/m1/s1. The van der Waals surface area contributed by atoms with E-state index in [1.54, 1.807) is 0 Å². The van der Waals surface area contributed by atoms with Crippen LogP contribution in [-0.4, -0.2) is 16.5 Å². The van der Waals surface area contributed by atoms with Gasteiger partial charge in [-0.05, 0) is 63.2 Å². The molecule has 2 fully saturated rings. The van der Waals surface area contributed by atoms with Gasteiger partial charge in [0.2, 0.25) is 0 Å². The first-order valence-electron chi connectivity index (χ1n) is 7.49. The Morgan fingerprint density at radius 2 is 2.11 bits per heavy atom. The second-order valence-corrected chi connectivity index (χ2v) is 7.56. The number of hydrogen-bond donors (Lipinski definition) is 1. The Hall–Kier alpha value is -0.370. The molecule has 2 aliphatic rings. The van der Waals surface area contributed by atoms with Crippen LogP contribution < -0.4 is 0 Å². The lowest BCUT2D eigenvalue weighted by atomic mass is 9.61. The first-order chi connectivity index (χ1) is 8.24. The molecule has 0 radical (unpaired) electrons. The summed E-state index contributed by atoms with van der Waals surface area (Å²) < 4.78 is 0. The van der Waals surface area contributed by atoms with Crippen LogP contribution in [0, 0.1) is 23.2 Å². The zero-order valence-corrected chi connectivity index (χ0v) is 12.3.